The zero-order valence-corrected chi connectivity index (χ0v) is 18.6. The smallest absolute Gasteiger partial charge is 0.317 e. The predicted molar refractivity (Wildman–Crippen MR) is 116 cm³/mol. The van der Waals surface area contributed by atoms with Crippen LogP contribution in [-0.2, 0) is 21.3 Å². The Balaban J connectivity index is 1.33. The quantitative estimate of drug-likeness (QED) is 0.745. The second kappa shape index (κ2) is 8.85. The van der Waals surface area contributed by atoms with Gasteiger partial charge in [0.1, 0.15) is 0 Å². The highest BCUT2D eigenvalue weighted by Crippen LogP contribution is 2.41. The molecule has 3 aliphatic rings. The van der Waals surface area contributed by atoms with Gasteiger partial charge in [-0.15, -0.1) is 0 Å². The van der Waals surface area contributed by atoms with Crippen LogP contribution in [-0.4, -0.2) is 66.8 Å². The van der Waals surface area contributed by atoms with E-state index in [1.54, 1.807) is 11.2 Å². The number of carbonyl (C=O) groups is 1. The van der Waals surface area contributed by atoms with Gasteiger partial charge in [0, 0.05) is 38.3 Å². The Morgan fingerprint density at radius 1 is 1.17 bits per heavy atom. The van der Waals surface area contributed by atoms with Crippen LogP contribution in [0.1, 0.15) is 51.0 Å². The van der Waals surface area contributed by atoms with Gasteiger partial charge in [0.25, 0.3) is 0 Å². The number of ether oxygens (including phenoxy) is 1. The Morgan fingerprint density at radius 2 is 1.87 bits per heavy atom. The lowest BCUT2D eigenvalue weighted by atomic mass is 9.82. The van der Waals surface area contributed by atoms with Crippen LogP contribution < -0.4 is 5.32 Å². The molecule has 3 fully saturated rings. The normalized spacial score (nSPS) is 24.2. The SMILES string of the molecule is CCS(=O)(=O)N(C1CC1)C1CCOC2(CCN(C(=O)NCc3ccccc3)CC2)C1. The minimum atomic E-state index is -3.21. The molecule has 1 N–H and O–H groups in total. The molecule has 0 aromatic heterocycles. The van der Waals surface area contributed by atoms with Gasteiger partial charge >= 0.3 is 6.03 Å². The van der Waals surface area contributed by atoms with Gasteiger partial charge in [0.2, 0.25) is 10.0 Å². The first-order chi connectivity index (χ1) is 14.4. The monoisotopic (exact) mass is 435 g/mol. The van der Waals surface area contributed by atoms with Crippen LogP contribution in [0.15, 0.2) is 30.3 Å². The lowest BCUT2D eigenvalue weighted by Crippen LogP contribution is -2.56. The molecule has 2 aliphatic heterocycles. The number of hydrogen-bond acceptors (Lipinski definition) is 4. The van der Waals surface area contributed by atoms with Crippen molar-refractivity contribution in [1.82, 2.24) is 14.5 Å². The fourth-order valence-corrected chi connectivity index (χ4v) is 6.40. The lowest BCUT2D eigenvalue weighted by molar-refractivity contribution is -0.122. The van der Waals surface area contributed by atoms with Crippen molar-refractivity contribution in [2.75, 3.05) is 25.4 Å². The van der Waals surface area contributed by atoms with Gasteiger partial charge in [0.05, 0.1) is 11.4 Å². The van der Waals surface area contributed by atoms with Crippen LogP contribution in [0.3, 0.4) is 0 Å². The van der Waals surface area contributed by atoms with Crippen LogP contribution in [0.5, 0.6) is 0 Å². The van der Waals surface area contributed by atoms with Crippen molar-refractivity contribution in [1.29, 1.82) is 0 Å². The summed E-state index contributed by atoms with van der Waals surface area (Å²) in [6, 6.07) is 10.0. The molecule has 4 rings (SSSR count). The number of benzene rings is 1. The van der Waals surface area contributed by atoms with Crippen molar-refractivity contribution in [3.05, 3.63) is 35.9 Å². The molecular formula is C22H33N3O4S. The van der Waals surface area contributed by atoms with Crippen LogP contribution in [0.4, 0.5) is 4.79 Å². The summed E-state index contributed by atoms with van der Waals surface area (Å²) >= 11 is 0. The van der Waals surface area contributed by atoms with Gasteiger partial charge in [-0.25, -0.2) is 13.2 Å². The first-order valence-corrected chi connectivity index (χ1v) is 12.8. The summed E-state index contributed by atoms with van der Waals surface area (Å²) in [5, 5.41) is 3.00. The van der Waals surface area contributed by atoms with Gasteiger partial charge in [0.15, 0.2) is 0 Å². The summed E-state index contributed by atoms with van der Waals surface area (Å²) < 4.78 is 33.4. The molecule has 2 saturated heterocycles. The summed E-state index contributed by atoms with van der Waals surface area (Å²) in [5.74, 6) is 0.156. The van der Waals surface area contributed by atoms with E-state index in [1.165, 1.54) is 0 Å². The topological polar surface area (TPSA) is 79.0 Å². The highest BCUT2D eigenvalue weighted by Gasteiger charge is 2.48. The predicted octanol–water partition coefficient (Wildman–Crippen LogP) is 2.72. The average molecular weight is 436 g/mol. The number of nitrogens with zero attached hydrogens (tertiary/aromatic N) is 2. The number of hydrogen-bond donors (Lipinski definition) is 1. The van der Waals surface area contributed by atoms with E-state index >= 15 is 0 Å². The van der Waals surface area contributed by atoms with Crippen LogP contribution in [0.25, 0.3) is 0 Å². The van der Waals surface area contributed by atoms with E-state index in [1.807, 2.05) is 35.2 Å². The molecule has 1 saturated carbocycles. The standard InChI is InChI=1S/C22H33N3O4S/c1-2-30(27,28)25(19-8-9-19)20-10-15-29-22(16-20)11-13-24(14-12-22)21(26)23-17-18-6-4-3-5-7-18/h3-7,19-20H,2,8-17H2,1H3,(H,23,26). The number of amides is 2. The molecule has 1 spiro atoms. The zero-order chi connectivity index (χ0) is 21.2. The molecule has 1 aliphatic carbocycles. The molecule has 1 unspecified atom stereocenters. The molecule has 2 amide bonds. The lowest BCUT2D eigenvalue weighted by Gasteiger charge is -2.48. The largest absolute Gasteiger partial charge is 0.375 e. The molecule has 0 bridgehead atoms. The summed E-state index contributed by atoms with van der Waals surface area (Å²) in [7, 11) is -3.21. The summed E-state index contributed by atoms with van der Waals surface area (Å²) in [5.41, 5.74) is 0.769. The molecule has 1 atom stereocenters. The third-order valence-corrected chi connectivity index (χ3v) is 8.64. The van der Waals surface area contributed by atoms with Crippen molar-refractivity contribution in [2.24, 2.45) is 0 Å². The van der Waals surface area contributed by atoms with Crippen molar-refractivity contribution in [2.45, 2.75) is 69.7 Å². The van der Waals surface area contributed by atoms with E-state index in [0.717, 1.165) is 44.1 Å². The van der Waals surface area contributed by atoms with Crippen molar-refractivity contribution in [3.8, 4) is 0 Å². The van der Waals surface area contributed by atoms with Gasteiger partial charge in [-0.05, 0) is 51.0 Å². The first kappa shape index (κ1) is 21.6. The maximum atomic E-state index is 12.7. The second-order valence-corrected chi connectivity index (χ2v) is 10.9. The summed E-state index contributed by atoms with van der Waals surface area (Å²) in [6.45, 7) is 4.11. The Morgan fingerprint density at radius 3 is 2.50 bits per heavy atom. The van der Waals surface area contributed by atoms with Crippen molar-refractivity contribution in [3.63, 3.8) is 0 Å². The van der Waals surface area contributed by atoms with E-state index in [0.29, 0.717) is 26.2 Å². The molecule has 166 valence electrons. The molecule has 30 heavy (non-hydrogen) atoms. The Bertz CT molecular complexity index is 833. The second-order valence-electron chi connectivity index (χ2n) is 8.77. The molecule has 2 heterocycles. The minimum absolute atomic E-state index is 0.0228. The number of carbonyl (C=O) groups excluding carboxylic acids is 1. The Kier molecular flexibility index (Phi) is 6.36. The molecule has 1 aromatic rings. The summed E-state index contributed by atoms with van der Waals surface area (Å²) in [6.07, 6.45) is 4.96. The molecular weight excluding hydrogens is 402 g/mol. The number of piperidine rings is 1. The van der Waals surface area contributed by atoms with Gasteiger partial charge in [-0.1, -0.05) is 30.3 Å². The van der Waals surface area contributed by atoms with Crippen LogP contribution in [0, 0.1) is 0 Å². The minimum Gasteiger partial charge on any atom is -0.375 e. The van der Waals surface area contributed by atoms with Crippen molar-refractivity contribution < 1.29 is 17.9 Å². The van der Waals surface area contributed by atoms with Gasteiger partial charge in [-0.2, -0.15) is 4.31 Å². The third kappa shape index (κ3) is 4.81. The number of likely N-dealkylation sites (tertiary alicyclic amines) is 1. The van der Waals surface area contributed by atoms with E-state index in [2.05, 4.69) is 5.32 Å². The Labute approximate surface area is 179 Å². The molecule has 1 aromatic carbocycles. The first-order valence-electron chi connectivity index (χ1n) is 11.1. The molecule has 8 heteroatoms. The maximum Gasteiger partial charge on any atom is 0.317 e. The number of sulfonamides is 1. The number of rotatable bonds is 6. The Hall–Kier alpha value is -1.64. The van der Waals surface area contributed by atoms with Gasteiger partial charge in [-0.3, -0.25) is 0 Å². The van der Waals surface area contributed by atoms with E-state index in [-0.39, 0.29) is 29.5 Å². The van der Waals surface area contributed by atoms with E-state index in [4.69, 9.17) is 4.74 Å². The highest BCUT2D eigenvalue weighted by atomic mass is 32.2. The fourth-order valence-electron chi connectivity index (χ4n) is 4.80. The fraction of sp³-hybridized carbons (Fsp3) is 0.682. The highest BCUT2D eigenvalue weighted by molar-refractivity contribution is 7.89. The average Bonchev–Trinajstić information content (AvgIpc) is 3.58. The van der Waals surface area contributed by atoms with Crippen LogP contribution >= 0.6 is 0 Å². The maximum absolute atomic E-state index is 12.7. The van der Waals surface area contributed by atoms with Crippen LogP contribution in [0.2, 0.25) is 0 Å². The number of nitrogens with one attached hydrogen (secondary N) is 1. The molecule has 0 radical (unpaired) electrons. The number of urea groups is 1. The molecule has 7 nitrogen and oxygen atoms in total. The van der Waals surface area contributed by atoms with Gasteiger partial charge < -0.3 is 15.0 Å². The van der Waals surface area contributed by atoms with E-state index < -0.39 is 10.0 Å². The summed E-state index contributed by atoms with van der Waals surface area (Å²) in [4.78, 5) is 14.4. The van der Waals surface area contributed by atoms with E-state index in [9.17, 15) is 13.2 Å². The van der Waals surface area contributed by atoms with Crippen molar-refractivity contribution >= 4 is 16.1 Å². The zero-order valence-electron chi connectivity index (χ0n) is 17.8. The third-order valence-electron chi connectivity index (χ3n) is 6.67.